The van der Waals surface area contributed by atoms with Gasteiger partial charge in [-0.3, -0.25) is 4.79 Å². The van der Waals surface area contributed by atoms with E-state index in [9.17, 15) is 18.0 Å². The lowest BCUT2D eigenvalue weighted by Gasteiger charge is -2.11. The summed E-state index contributed by atoms with van der Waals surface area (Å²) in [6, 6.07) is 14.6. The lowest BCUT2D eigenvalue weighted by Crippen LogP contribution is -2.19. The second-order valence-electron chi connectivity index (χ2n) is 5.92. The fourth-order valence-corrected chi connectivity index (χ4v) is 2.64. The third-order valence-electron chi connectivity index (χ3n) is 3.84. The average Bonchev–Trinajstić information content (AvgIpc) is 3.32. The molecule has 0 aliphatic heterocycles. The predicted octanol–water partition coefficient (Wildman–Crippen LogP) is 4.43. The maximum Gasteiger partial charge on any atom is 0.422 e. The van der Waals surface area contributed by atoms with Crippen LogP contribution in [0.4, 0.5) is 13.2 Å². The SMILES string of the molecule is O=Cc1ccc(-c2cc(OCC(F)(F)F)cc(-n3nc4ccccc4n3)c2)o1. The first kappa shape index (κ1) is 17.8. The van der Waals surface area contributed by atoms with Gasteiger partial charge < -0.3 is 9.15 Å². The maximum absolute atomic E-state index is 12.6. The topological polar surface area (TPSA) is 70.2 Å². The molecule has 0 saturated carbocycles. The number of furan rings is 1. The molecule has 4 rings (SSSR count). The van der Waals surface area contributed by atoms with Crippen molar-refractivity contribution in [3.63, 3.8) is 0 Å². The van der Waals surface area contributed by atoms with Gasteiger partial charge in [0.2, 0.25) is 0 Å². The number of carbonyl (C=O) groups is 1. The fourth-order valence-electron chi connectivity index (χ4n) is 2.64. The van der Waals surface area contributed by atoms with Crippen LogP contribution in [-0.4, -0.2) is 34.1 Å². The van der Waals surface area contributed by atoms with Crippen molar-refractivity contribution in [2.24, 2.45) is 0 Å². The number of fused-ring (bicyclic) bond motifs is 1. The first-order valence-electron chi connectivity index (χ1n) is 8.14. The zero-order valence-electron chi connectivity index (χ0n) is 14.2. The minimum Gasteiger partial charge on any atom is -0.484 e. The summed E-state index contributed by atoms with van der Waals surface area (Å²) < 4.78 is 48.0. The molecule has 0 N–H and O–H groups in total. The Morgan fingerprint density at radius 3 is 2.36 bits per heavy atom. The van der Waals surface area contributed by atoms with Crippen molar-refractivity contribution in [2.45, 2.75) is 6.18 Å². The number of carbonyl (C=O) groups excluding carboxylic acids is 1. The Labute approximate surface area is 156 Å². The molecular formula is C19H12F3N3O3. The van der Waals surface area contributed by atoms with Gasteiger partial charge in [0.05, 0.1) is 5.69 Å². The number of alkyl halides is 3. The number of aromatic nitrogens is 3. The molecule has 0 radical (unpaired) electrons. The van der Waals surface area contributed by atoms with Gasteiger partial charge in [-0.05, 0) is 36.4 Å². The molecule has 2 aromatic heterocycles. The number of halogens is 3. The van der Waals surface area contributed by atoms with E-state index in [1.54, 1.807) is 36.4 Å². The first-order chi connectivity index (χ1) is 13.4. The van der Waals surface area contributed by atoms with Gasteiger partial charge in [0.25, 0.3) is 0 Å². The fraction of sp³-hybridized carbons (Fsp3) is 0.105. The quantitative estimate of drug-likeness (QED) is 0.474. The maximum atomic E-state index is 12.6. The molecule has 0 bridgehead atoms. The summed E-state index contributed by atoms with van der Waals surface area (Å²) in [6.07, 6.45) is -3.94. The van der Waals surface area contributed by atoms with E-state index in [2.05, 4.69) is 10.2 Å². The van der Waals surface area contributed by atoms with Crippen molar-refractivity contribution >= 4 is 17.3 Å². The summed E-state index contributed by atoms with van der Waals surface area (Å²) >= 11 is 0. The number of rotatable bonds is 5. The minimum absolute atomic E-state index is 0.0322. The number of aldehydes is 1. The van der Waals surface area contributed by atoms with Gasteiger partial charge in [0.15, 0.2) is 18.7 Å². The molecule has 6 nitrogen and oxygen atoms in total. The van der Waals surface area contributed by atoms with Gasteiger partial charge in [0.1, 0.15) is 22.5 Å². The first-order valence-corrected chi connectivity index (χ1v) is 8.14. The molecule has 0 atom stereocenters. The van der Waals surface area contributed by atoms with Gasteiger partial charge in [-0.1, -0.05) is 12.1 Å². The molecule has 0 aliphatic rings. The van der Waals surface area contributed by atoms with Crippen LogP contribution in [0.1, 0.15) is 10.6 Å². The highest BCUT2D eigenvalue weighted by Crippen LogP contribution is 2.30. The molecule has 0 unspecified atom stereocenters. The van der Waals surface area contributed by atoms with Gasteiger partial charge in [0, 0.05) is 11.6 Å². The summed E-state index contributed by atoms with van der Waals surface area (Å²) in [4.78, 5) is 12.2. The Balaban J connectivity index is 1.79. The Hall–Kier alpha value is -3.62. The normalized spacial score (nSPS) is 11.7. The highest BCUT2D eigenvalue weighted by Gasteiger charge is 2.28. The van der Waals surface area contributed by atoms with Crippen LogP contribution in [-0.2, 0) is 0 Å². The summed E-state index contributed by atoms with van der Waals surface area (Å²) in [5, 5.41) is 8.66. The van der Waals surface area contributed by atoms with Gasteiger partial charge in [-0.2, -0.15) is 18.0 Å². The average molecular weight is 387 g/mol. The van der Waals surface area contributed by atoms with Gasteiger partial charge in [-0.25, -0.2) is 0 Å². The van der Waals surface area contributed by atoms with E-state index in [1.165, 1.54) is 23.0 Å². The highest BCUT2D eigenvalue weighted by atomic mass is 19.4. The molecule has 9 heteroatoms. The number of ether oxygens (including phenoxy) is 1. The van der Waals surface area contributed by atoms with E-state index >= 15 is 0 Å². The summed E-state index contributed by atoms with van der Waals surface area (Å²) in [6.45, 7) is -1.44. The third kappa shape index (κ3) is 3.73. The Morgan fingerprint density at radius 2 is 1.75 bits per heavy atom. The predicted molar refractivity (Wildman–Crippen MR) is 93.5 cm³/mol. The lowest BCUT2D eigenvalue weighted by atomic mass is 10.1. The number of hydrogen-bond acceptors (Lipinski definition) is 5. The molecule has 0 spiro atoms. The zero-order valence-corrected chi connectivity index (χ0v) is 14.2. The second-order valence-corrected chi connectivity index (χ2v) is 5.92. The summed E-state index contributed by atoms with van der Waals surface area (Å²) in [7, 11) is 0. The molecule has 28 heavy (non-hydrogen) atoms. The molecule has 2 heterocycles. The molecular weight excluding hydrogens is 375 g/mol. The van der Waals surface area contributed by atoms with E-state index < -0.39 is 12.8 Å². The van der Waals surface area contributed by atoms with E-state index in [0.29, 0.717) is 34.3 Å². The molecule has 0 aliphatic carbocycles. The van der Waals surface area contributed by atoms with Crippen molar-refractivity contribution in [3.8, 4) is 22.8 Å². The number of nitrogens with zero attached hydrogens (tertiary/aromatic N) is 3. The molecule has 4 aromatic rings. The van der Waals surface area contributed by atoms with Crippen LogP contribution in [0, 0.1) is 0 Å². The summed E-state index contributed by atoms with van der Waals surface area (Å²) in [5.74, 6) is 0.369. The van der Waals surface area contributed by atoms with Crippen LogP contribution < -0.4 is 4.74 Å². The lowest BCUT2D eigenvalue weighted by molar-refractivity contribution is -0.153. The second kappa shape index (κ2) is 6.84. The van der Waals surface area contributed by atoms with E-state index in [-0.39, 0.29) is 11.5 Å². The number of benzene rings is 2. The highest BCUT2D eigenvalue weighted by molar-refractivity contribution is 5.75. The molecule has 0 amide bonds. The Morgan fingerprint density at radius 1 is 1.04 bits per heavy atom. The smallest absolute Gasteiger partial charge is 0.422 e. The summed E-state index contributed by atoms with van der Waals surface area (Å²) in [5.41, 5.74) is 2.07. The van der Waals surface area contributed by atoms with Crippen molar-refractivity contribution in [2.75, 3.05) is 6.61 Å². The largest absolute Gasteiger partial charge is 0.484 e. The third-order valence-corrected chi connectivity index (χ3v) is 3.84. The standard InChI is InChI=1S/C19H12F3N3O3/c20-19(21,22)11-27-15-8-12(18-6-5-14(10-26)28-18)7-13(9-15)25-23-16-3-1-2-4-17(16)24-25/h1-10H,11H2. The van der Waals surface area contributed by atoms with Crippen molar-refractivity contribution < 1.29 is 27.1 Å². The van der Waals surface area contributed by atoms with Crippen LogP contribution in [0.15, 0.2) is 59.0 Å². The van der Waals surface area contributed by atoms with Crippen molar-refractivity contribution in [3.05, 3.63) is 60.4 Å². The van der Waals surface area contributed by atoms with Crippen LogP contribution in [0.25, 0.3) is 28.0 Å². The van der Waals surface area contributed by atoms with Crippen LogP contribution >= 0.6 is 0 Å². The molecule has 0 saturated heterocycles. The van der Waals surface area contributed by atoms with E-state index in [0.717, 1.165) is 0 Å². The molecule has 142 valence electrons. The van der Waals surface area contributed by atoms with Gasteiger partial charge in [-0.15, -0.1) is 10.2 Å². The molecule has 2 aromatic carbocycles. The zero-order chi connectivity index (χ0) is 19.7. The molecule has 0 fully saturated rings. The number of hydrogen-bond donors (Lipinski definition) is 0. The van der Waals surface area contributed by atoms with Crippen LogP contribution in [0.3, 0.4) is 0 Å². The van der Waals surface area contributed by atoms with E-state index in [1.807, 2.05) is 0 Å². The Bertz CT molecular complexity index is 1110. The monoisotopic (exact) mass is 387 g/mol. The van der Waals surface area contributed by atoms with Crippen molar-refractivity contribution in [1.82, 2.24) is 15.0 Å². The Kier molecular flexibility index (Phi) is 4.34. The van der Waals surface area contributed by atoms with E-state index in [4.69, 9.17) is 9.15 Å². The van der Waals surface area contributed by atoms with Crippen LogP contribution in [0.5, 0.6) is 5.75 Å². The van der Waals surface area contributed by atoms with Gasteiger partial charge >= 0.3 is 6.18 Å². The van der Waals surface area contributed by atoms with Crippen LogP contribution in [0.2, 0.25) is 0 Å². The minimum atomic E-state index is -4.48. The van der Waals surface area contributed by atoms with Crippen molar-refractivity contribution in [1.29, 1.82) is 0 Å².